The van der Waals surface area contributed by atoms with Crippen molar-refractivity contribution >= 4 is 11.6 Å². The second-order valence-corrected chi connectivity index (χ2v) is 6.03. The number of nitrogen functional groups attached to an aromatic ring is 1. The molecule has 5 heteroatoms. The third kappa shape index (κ3) is 5.08. The summed E-state index contributed by atoms with van der Waals surface area (Å²) in [6, 6.07) is 2.69. The second-order valence-electron chi connectivity index (χ2n) is 6.03. The molecule has 0 fully saturated rings. The molecule has 0 spiro atoms. The van der Waals surface area contributed by atoms with Gasteiger partial charge in [0.25, 0.3) is 5.91 Å². The SMILES string of the molecule is CCCn1cc(N)cc1C(=O)NCCN(C(C)C)C(C)C. The van der Waals surface area contributed by atoms with Gasteiger partial charge in [-0.25, -0.2) is 0 Å². The summed E-state index contributed by atoms with van der Waals surface area (Å²) in [5.74, 6) is -0.0485. The summed E-state index contributed by atoms with van der Waals surface area (Å²) in [5, 5.41) is 2.99. The number of nitrogens with zero attached hydrogens (tertiary/aromatic N) is 2. The van der Waals surface area contributed by atoms with Crippen molar-refractivity contribution in [1.29, 1.82) is 0 Å². The van der Waals surface area contributed by atoms with E-state index < -0.39 is 0 Å². The summed E-state index contributed by atoms with van der Waals surface area (Å²) in [6.07, 6.45) is 2.80. The minimum absolute atomic E-state index is 0.0485. The van der Waals surface area contributed by atoms with Gasteiger partial charge in [-0.1, -0.05) is 6.92 Å². The average Bonchev–Trinajstić information content (AvgIpc) is 2.75. The lowest BCUT2D eigenvalue weighted by Crippen LogP contribution is -2.42. The first-order chi connectivity index (χ1) is 9.86. The topological polar surface area (TPSA) is 63.3 Å². The Balaban J connectivity index is 2.58. The molecule has 0 aliphatic heterocycles. The van der Waals surface area contributed by atoms with Crippen molar-refractivity contribution < 1.29 is 4.79 Å². The Hall–Kier alpha value is -1.49. The molecule has 1 aromatic rings. The molecule has 0 atom stereocenters. The summed E-state index contributed by atoms with van der Waals surface area (Å²) in [6.45, 7) is 13.1. The van der Waals surface area contributed by atoms with Crippen molar-refractivity contribution in [2.45, 2.75) is 59.7 Å². The van der Waals surface area contributed by atoms with E-state index in [4.69, 9.17) is 5.73 Å². The molecular formula is C16H30N4O. The van der Waals surface area contributed by atoms with Gasteiger partial charge >= 0.3 is 0 Å². The van der Waals surface area contributed by atoms with Crippen molar-refractivity contribution in [2.75, 3.05) is 18.8 Å². The van der Waals surface area contributed by atoms with Crippen LogP contribution in [0.25, 0.3) is 0 Å². The number of amides is 1. The van der Waals surface area contributed by atoms with Crippen molar-refractivity contribution in [3.05, 3.63) is 18.0 Å². The molecule has 120 valence electrons. The van der Waals surface area contributed by atoms with Gasteiger partial charge in [0.15, 0.2) is 0 Å². The minimum Gasteiger partial charge on any atom is -0.397 e. The number of aromatic nitrogens is 1. The Morgan fingerprint density at radius 3 is 2.48 bits per heavy atom. The van der Waals surface area contributed by atoms with Crippen LogP contribution in [0.15, 0.2) is 12.3 Å². The van der Waals surface area contributed by atoms with Crippen molar-refractivity contribution in [2.24, 2.45) is 0 Å². The lowest BCUT2D eigenvalue weighted by atomic mass is 10.2. The molecule has 5 nitrogen and oxygen atoms in total. The van der Waals surface area contributed by atoms with Crippen LogP contribution in [0, 0.1) is 0 Å². The van der Waals surface area contributed by atoms with Gasteiger partial charge in [-0.05, 0) is 40.2 Å². The van der Waals surface area contributed by atoms with E-state index in [1.807, 2.05) is 10.8 Å². The van der Waals surface area contributed by atoms with E-state index in [0.717, 1.165) is 19.5 Å². The zero-order valence-corrected chi connectivity index (χ0v) is 14.0. The normalized spacial score (nSPS) is 11.6. The number of anilines is 1. The lowest BCUT2D eigenvalue weighted by molar-refractivity contribution is 0.0930. The molecule has 1 heterocycles. The maximum atomic E-state index is 12.3. The highest BCUT2D eigenvalue weighted by Gasteiger charge is 2.15. The van der Waals surface area contributed by atoms with Gasteiger partial charge in [0, 0.05) is 37.9 Å². The first-order valence-electron chi connectivity index (χ1n) is 7.86. The number of nitrogens with two attached hydrogens (primary N) is 1. The summed E-state index contributed by atoms with van der Waals surface area (Å²) in [4.78, 5) is 14.6. The zero-order valence-electron chi connectivity index (χ0n) is 14.0. The van der Waals surface area contributed by atoms with Gasteiger partial charge < -0.3 is 15.6 Å². The smallest absolute Gasteiger partial charge is 0.268 e. The van der Waals surface area contributed by atoms with Gasteiger partial charge in [0.1, 0.15) is 5.69 Å². The van der Waals surface area contributed by atoms with E-state index >= 15 is 0 Å². The standard InChI is InChI=1S/C16H30N4O/c1-6-8-19-11-14(17)10-15(19)16(21)18-7-9-20(12(2)3)13(4)5/h10-13H,6-9,17H2,1-5H3,(H,18,21). The number of rotatable bonds is 8. The fourth-order valence-electron chi connectivity index (χ4n) is 2.65. The molecule has 1 amide bonds. The first-order valence-corrected chi connectivity index (χ1v) is 7.86. The van der Waals surface area contributed by atoms with Gasteiger partial charge in [-0.3, -0.25) is 9.69 Å². The van der Waals surface area contributed by atoms with Crippen LogP contribution in [0.4, 0.5) is 5.69 Å². The van der Waals surface area contributed by atoms with Gasteiger partial charge in [-0.2, -0.15) is 0 Å². The molecule has 1 rings (SSSR count). The molecule has 3 N–H and O–H groups in total. The van der Waals surface area contributed by atoms with Crippen LogP contribution in [0.1, 0.15) is 51.5 Å². The summed E-state index contributed by atoms with van der Waals surface area (Å²) in [7, 11) is 0. The molecule has 1 aromatic heterocycles. The summed E-state index contributed by atoms with van der Waals surface area (Å²) < 4.78 is 1.92. The van der Waals surface area contributed by atoms with Gasteiger partial charge in [0.2, 0.25) is 0 Å². The number of hydrogen-bond acceptors (Lipinski definition) is 3. The number of carbonyl (C=O) groups excluding carboxylic acids is 1. The fourth-order valence-corrected chi connectivity index (χ4v) is 2.65. The monoisotopic (exact) mass is 294 g/mol. The lowest BCUT2D eigenvalue weighted by Gasteiger charge is -2.30. The van der Waals surface area contributed by atoms with E-state index in [2.05, 4.69) is 44.8 Å². The molecule has 0 saturated heterocycles. The maximum absolute atomic E-state index is 12.3. The third-order valence-corrected chi connectivity index (χ3v) is 3.60. The van der Waals surface area contributed by atoms with E-state index in [1.54, 1.807) is 6.07 Å². The van der Waals surface area contributed by atoms with Crippen LogP contribution in [0.3, 0.4) is 0 Å². The number of nitrogens with one attached hydrogen (secondary N) is 1. The van der Waals surface area contributed by atoms with Crippen LogP contribution < -0.4 is 11.1 Å². The average molecular weight is 294 g/mol. The van der Waals surface area contributed by atoms with E-state index in [1.165, 1.54) is 0 Å². The Bertz CT molecular complexity index is 443. The summed E-state index contributed by atoms with van der Waals surface area (Å²) in [5.41, 5.74) is 7.08. The van der Waals surface area contributed by atoms with E-state index in [9.17, 15) is 4.79 Å². The second kappa shape index (κ2) is 8.08. The predicted molar refractivity (Wildman–Crippen MR) is 88.4 cm³/mol. The molecule has 0 unspecified atom stereocenters. The van der Waals surface area contributed by atoms with E-state index in [-0.39, 0.29) is 5.91 Å². The highest BCUT2D eigenvalue weighted by Crippen LogP contribution is 2.11. The van der Waals surface area contributed by atoms with Gasteiger partial charge in [-0.15, -0.1) is 0 Å². The molecular weight excluding hydrogens is 264 g/mol. The fraction of sp³-hybridized carbons (Fsp3) is 0.688. The Morgan fingerprint density at radius 1 is 1.33 bits per heavy atom. The van der Waals surface area contributed by atoms with Crippen LogP contribution in [-0.2, 0) is 6.54 Å². The quantitative estimate of drug-likeness (QED) is 0.773. The number of aryl methyl sites for hydroxylation is 1. The molecule has 0 aliphatic carbocycles. The molecule has 21 heavy (non-hydrogen) atoms. The molecule has 0 bridgehead atoms. The van der Waals surface area contributed by atoms with Crippen LogP contribution in [0.5, 0.6) is 0 Å². The highest BCUT2D eigenvalue weighted by atomic mass is 16.1. The first kappa shape index (κ1) is 17.6. The summed E-state index contributed by atoms with van der Waals surface area (Å²) >= 11 is 0. The maximum Gasteiger partial charge on any atom is 0.268 e. The largest absolute Gasteiger partial charge is 0.397 e. The van der Waals surface area contributed by atoms with Crippen molar-refractivity contribution in [3.63, 3.8) is 0 Å². The van der Waals surface area contributed by atoms with Crippen molar-refractivity contribution in [1.82, 2.24) is 14.8 Å². The minimum atomic E-state index is -0.0485. The van der Waals surface area contributed by atoms with E-state index in [0.29, 0.717) is 30.0 Å². The van der Waals surface area contributed by atoms with Gasteiger partial charge in [0.05, 0.1) is 5.69 Å². The zero-order chi connectivity index (χ0) is 16.0. The molecule has 0 radical (unpaired) electrons. The Kier molecular flexibility index (Phi) is 6.75. The van der Waals surface area contributed by atoms with Crippen LogP contribution >= 0.6 is 0 Å². The predicted octanol–water partition coefficient (Wildman–Crippen LogP) is 2.33. The van der Waals surface area contributed by atoms with Crippen molar-refractivity contribution in [3.8, 4) is 0 Å². The molecule has 0 aliphatic rings. The molecule has 0 aromatic carbocycles. The Morgan fingerprint density at radius 2 is 1.95 bits per heavy atom. The van der Waals surface area contributed by atoms with Crippen LogP contribution in [-0.4, -0.2) is 40.5 Å². The van der Waals surface area contributed by atoms with Crippen LogP contribution in [0.2, 0.25) is 0 Å². The molecule has 0 saturated carbocycles. The Labute approximate surface area is 128 Å². The number of hydrogen-bond donors (Lipinski definition) is 2. The highest BCUT2D eigenvalue weighted by molar-refractivity contribution is 5.93. The third-order valence-electron chi connectivity index (χ3n) is 3.60. The number of carbonyl (C=O) groups is 1.